The second kappa shape index (κ2) is 7.68. The predicted molar refractivity (Wildman–Crippen MR) is 105 cm³/mol. The van der Waals surface area contributed by atoms with Gasteiger partial charge >= 0.3 is 0 Å². The van der Waals surface area contributed by atoms with Gasteiger partial charge in [0.1, 0.15) is 17.0 Å². The summed E-state index contributed by atoms with van der Waals surface area (Å²) in [5.74, 6) is 0.398. The number of hydrogen-bond donors (Lipinski definition) is 0. The average molecular weight is 375 g/mol. The Bertz CT molecular complexity index is 975. The van der Waals surface area contributed by atoms with Gasteiger partial charge in [-0.05, 0) is 19.1 Å². The van der Waals surface area contributed by atoms with Crippen LogP contribution in [0.3, 0.4) is 0 Å². The predicted octanol–water partition coefficient (Wildman–Crippen LogP) is 3.25. The summed E-state index contributed by atoms with van der Waals surface area (Å²) in [4.78, 5) is 29.3. The Kier molecular flexibility index (Phi) is 4.93. The van der Waals surface area contributed by atoms with Crippen LogP contribution in [-0.4, -0.2) is 52.9 Å². The smallest absolute Gasteiger partial charge is 0.259 e. The van der Waals surface area contributed by atoms with Crippen LogP contribution in [0.4, 0.5) is 0 Å². The van der Waals surface area contributed by atoms with E-state index in [4.69, 9.17) is 4.52 Å². The quantitative estimate of drug-likeness (QED) is 0.705. The minimum atomic E-state index is -0.107. The Balaban J connectivity index is 1.48. The van der Waals surface area contributed by atoms with Crippen LogP contribution in [0.5, 0.6) is 0 Å². The number of aromatic nitrogens is 1. The maximum Gasteiger partial charge on any atom is 0.259 e. The van der Waals surface area contributed by atoms with Crippen LogP contribution >= 0.6 is 0 Å². The van der Waals surface area contributed by atoms with E-state index >= 15 is 0 Å². The molecule has 2 heterocycles. The molecule has 0 unspecified atom stereocenters. The molecular weight excluding hydrogens is 354 g/mol. The number of piperazine rings is 1. The molecule has 1 saturated heterocycles. The molecule has 0 atom stereocenters. The number of carbonyl (C=O) groups excluding carboxylic acids is 2. The lowest BCUT2D eigenvalue weighted by molar-refractivity contribution is 0.0534. The second-order valence-corrected chi connectivity index (χ2v) is 6.78. The molecule has 2 aromatic carbocycles. The number of benzene rings is 2. The number of nitrogens with zero attached hydrogens (tertiary/aromatic N) is 3. The Morgan fingerprint density at radius 3 is 1.96 bits per heavy atom. The van der Waals surface area contributed by atoms with E-state index in [2.05, 4.69) is 5.16 Å². The van der Waals surface area contributed by atoms with E-state index in [0.29, 0.717) is 48.8 Å². The van der Waals surface area contributed by atoms with E-state index in [1.165, 1.54) is 0 Å². The lowest BCUT2D eigenvalue weighted by Crippen LogP contribution is -2.50. The summed E-state index contributed by atoms with van der Waals surface area (Å²) in [6, 6.07) is 18.8. The monoisotopic (exact) mass is 375 g/mol. The highest BCUT2D eigenvalue weighted by atomic mass is 16.5. The van der Waals surface area contributed by atoms with Crippen molar-refractivity contribution < 1.29 is 14.1 Å². The summed E-state index contributed by atoms with van der Waals surface area (Å²) in [6.45, 7) is 3.73. The fraction of sp³-hybridized carbons (Fsp3) is 0.227. The lowest BCUT2D eigenvalue weighted by atomic mass is 10.0. The van der Waals surface area contributed by atoms with Gasteiger partial charge in [-0.3, -0.25) is 9.59 Å². The summed E-state index contributed by atoms with van der Waals surface area (Å²) < 4.78 is 5.32. The largest absolute Gasteiger partial charge is 0.360 e. The maximum atomic E-state index is 13.1. The topological polar surface area (TPSA) is 66.7 Å². The van der Waals surface area contributed by atoms with Crippen molar-refractivity contribution in [2.24, 2.45) is 0 Å². The van der Waals surface area contributed by atoms with Crippen molar-refractivity contribution in [3.63, 3.8) is 0 Å². The average Bonchev–Trinajstić information content (AvgIpc) is 3.15. The Morgan fingerprint density at radius 1 is 0.821 bits per heavy atom. The molecule has 1 aromatic heterocycles. The molecule has 0 bridgehead atoms. The van der Waals surface area contributed by atoms with Crippen molar-refractivity contribution in [1.82, 2.24) is 15.0 Å². The lowest BCUT2D eigenvalue weighted by Gasteiger charge is -2.34. The van der Waals surface area contributed by atoms with Crippen molar-refractivity contribution in [3.8, 4) is 11.3 Å². The highest BCUT2D eigenvalue weighted by Gasteiger charge is 2.30. The molecule has 1 aliphatic heterocycles. The summed E-state index contributed by atoms with van der Waals surface area (Å²) >= 11 is 0. The SMILES string of the molecule is Cc1onc(-c2ccccc2)c1C(=O)N1CCN(C(=O)c2ccccc2)CC1. The third-order valence-corrected chi connectivity index (χ3v) is 5.00. The van der Waals surface area contributed by atoms with Crippen LogP contribution in [0.2, 0.25) is 0 Å². The highest BCUT2D eigenvalue weighted by molar-refractivity contribution is 6.01. The summed E-state index contributed by atoms with van der Waals surface area (Å²) in [5.41, 5.74) is 2.57. The molecule has 0 saturated carbocycles. The first-order chi connectivity index (χ1) is 13.6. The van der Waals surface area contributed by atoms with Crippen LogP contribution in [0.25, 0.3) is 11.3 Å². The van der Waals surface area contributed by atoms with Gasteiger partial charge in [0.2, 0.25) is 0 Å². The zero-order valence-electron chi connectivity index (χ0n) is 15.7. The zero-order valence-corrected chi connectivity index (χ0v) is 15.7. The number of hydrogen-bond acceptors (Lipinski definition) is 4. The van der Waals surface area contributed by atoms with Crippen LogP contribution < -0.4 is 0 Å². The molecule has 6 heteroatoms. The fourth-order valence-electron chi connectivity index (χ4n) is 3.45. The van der Waals surface area contributed by atoms with Gasteiger partial charge in [0.05, 0.1) is 0 Å². The Morgan fingerprint density at radius 2 is 1.36 bits per heavy atom. The van der Waals surface area contributed by atoms with Gasteiger partial charge in [0.15, 0.2) is 0 Å². The first-order valence-electron chi connectivity index (χ1n) is 9.30. The number of amides is 2. The third kappa shape index (κ3) is 3.41. The molecule has 6 nitrogen and oxygen atoms in total. The Hall–Kier alpha value is -3.41. The molecule has 1 fully saturated rings. The highest BCUT2D eigenvalue weighted by Crippen LogP contribution is 2.26. The number of rotatable bonds is 3. The van der Waals surface area contributed by atoms with E-state index in [1.54, 1.807) is 16.7 Å². The maximum absolute atomic E-state index is 13.1. The number of carbonyl (C=O) groups is 2. The van der Waals surface area contributed by atoms with Gasteiger partial charge in [-0.1, -0.05) is 53.7 Å². The molecule has 0 aliphatic carbocycles. The van der Waals surface area contributed by atoms with Crippen molar-refractivity contribution in [2.75, 3.05) is 26.2 Å². The molecule has 28 heavy (non-hydrogen) atoms. The van der Waals surface area contributed by atoms with E-state index in [9.17, 15) is 9.59 Å². The van der Waals surface area contributed by atoms with Gasteiger partial charge in [-0.15, -0.1) is 0 Å². The number of aryl methyl sites for hydroxylation is 1. The van der Waals surface area contributed by atoms with E-state index in [-0.39, 0.29) is 11.8 Å². The van der Waals surface area contributed by atoms with E-state index in [1.807, 2.05) is 60.7 Å². The molecular formula is C22H21N3O3. The molecule has 142 valence electrons. The van der Waals surface area contributed by atoms with E-state index in [0.717, 1.165) is 5.56 Å². The van der Waals surface area contributed by atoms with Gasteiger partial charge in [-0.25, -0.2) is 0 Å². The van der Waals surface area contributed by atoms with Crippen molar-refractivity contribution >= 4 is 11.8 Å². The molecule has 0 spiro atoms. The standard InChI is InChI=1S/C22H21N3O3/c1-16-19(20(23-28-16)17-8-4-2-5-9-17)22(27)25-14-12-24(13-15-25)21(26)18-10-6-3-7-11-18/h2-11H,12-15H2,1H3. The van der Waals surface area contributed by atoms with E-state index < -0.39 is 0 Å². The summed E-state index contributed by atoms with van der Waals surface area (Å²) in [7, 11) is 0. The van der Waals surface area contributed by atoms with Crippen LogP contribution in [0.1, 0.15) is 26.5 Å². The van der Waals surface area contributed by atoms with Gasteiger partial charge in [0, 0.05) is 37.3 Å². The summed E-state index contributed by atoms with van der Waals surface area (Å²) in [5, 5.41) is 4.10. The Labute approximate surface area is 163 Å². The molecule has 0 radical (unpaired) electrons. The first kappa shape index (κ1) is 18.0. The normalized spacial score (nSPS) is 14.2. The zero-order chi connectivity index (χ0) is 19.5. The van der Waals surface area contributed by atoms with Crippen LogP contribution in [0, 0.1) is 6.92 Å². The fourth-order valence-corrected chi connectivity index (χ4v) is 3.45. The third-order valence-electron chi connectivity index (χ3n) is 5.00. The molecule has 3 aromatic rings. The summed E-state index contributed by atoms with van der Waals surface area (Å²) in [6.07, 6.45) is 0. The molecule has 0 N–H and O–H groups in total. The second-order valence-electron chi connectivity index (χ2n) is 6.78. The molecule has 4 rings (SSSR count). The first-order valence-corrected chi connectivity index (χ1v) is 9.30. The van der Waals surface area contributed by atoms with Gasteiger partial charge in [-0.2, -0.15) is 0 Å². The molecule has 2 amide bonds. The van der Waals surface area contributed by atoms with Gasteiger partial charge < -0.3 is 14.3 Å². The minimum Gasteiger partial charge on any atom is -0.360 e. The van der Waals surface area contributed by atoms with Crippen LogP contribution in [-0.2, 0) is 0 Å². The van der Waals surface area contributed by atoms with Crippen LogP contribution in [0.15, 0.2) is 65.2 Å². The minimum absolute atomic E-state index is 0.00108. The van der Waals surface area contributed by atoms with Crippen molar-refractivity contribution in [2.45, 2.75) is 6.92 Å². The molecule has 1 aliphatic rings. The van der Waals surface area contributed by atoms with Crippen molar-refractivity contribution in [1.29, 1.82) is 0 Å². The van der Waals surface area contributed by atoms with Crippen molar-refractivity contribution in [3.05, 3.63) is 77.6 Å². The van der Waals surface area contributed by atoms with Gasteiger partial charge in [0.25, 0.3) is 11.8 Å².